The Morgan fingerprint density at radius 1 is 1.07 bits per heavy atom. The molecule has 3 nitrogen and oxygen atoms in total. The van der Waals surface area contributed by atoms with Crippen LogP contribution in [0.2, 0.25) is 0 Å². The highest BCUT2D eigenvalue weighted by atomic mass is 32.2. The van der Waals surface area contributed by atoms with Gasteiger partial charge in [-0.25, -0.2) is 0 Å². The molecule has 0 amide bonds. The maximum Gasteiger partial charge on any atom is 0.294 e. The van der Waals surface area contributed by atoms with E-state index in [2.05, 4.69) is 33.8 Å². The van der Waals surface area contributed by atoms with Crippen molar-refractivity contribution < 1.29 is 13.0 Å². The summed E-state index contributed by atoms with van der Waals surface area (Å²) < 4.78 is 32.4. The summed E-state index contributed by atoms with van der Waals surface area (Å²) in [6, 6.07) is 5.09. The van der Waals surface area contributed by atoms with Crippen LogP contribution in [0.5, 0.6) is 0 Å². The zero-order valence-corrected chi connectivity index (χ0v) is 19.3. The Balaban J connectivity index is 2.35. The van der Waals surface area contributed by atoms with Crippen LogP contribution >= 0.6 is 0 Å². The SMILES string of the molecule is CC(=CCCCc1cc(C)ccc1S(=O)(=O)O)CCCC(C)CCCC(C)C. The topological polar surface area (TPSA) is 54.4 Å². The summed E-state index contributed by atoms with van der Waals surface area (Å²) in [5.74, 6) is 1.62. The minimum Gasteiger partial charge on any atom is -0.282 e. The smallest absolute Gasteiger partial charge is 0.282 e. The van der Waals surface area contributed by atoms with Crippen molar-refractivity contribution in [2.45, 2.75) is 97.3 Å². The van der Waals surface area contributed by atoms with E-state index in [1.54, 1.807) is 6.07 Å². The summed E-state index contributed by atoms with van der Waals surface area (Å²) in [5, 5.41) is 0. The van der Waals surface area contributed by atoms with E-state index in [1.165, 1.54) is 43.7 Å². The third-order valence-electron chi connectivity index (χ3n) is 5.38. The molecule has 0 radical (unpaired) electrons. The zero-order chi connectivity index (χ0) is 21.2. The number of rotatable bonds is 13. The molecule has 0 saturated heterocycles. The Bertz CT molecular complexity index is 717. The Morgan fingerprint density at radius 3 is 2.39 bits per heavy atom. The fraction of sp³-hybridized carbons (Fsp3) is 0.667. The van der Waals surface area contributed by atoms with Gasteiger partial charge in [-0.1, -0.05) is 75.8 Å². The van der Waals surface area contributed by atoms with Crippen LogP contribution in [0, 0.1) is 18.8 Å². The maximum atomic E-state index is 11.5. The van der Waals surface area contributed by atoms with Gasteiger partial charge in [0, 0.05) is 0 Å². The summed E-state index contributed by atoms with van der Waals surface area (Å²) in [5.41, 5.74) is 3.15. The van der Waals surface area contributed by atoms with Crippen molar-refractivity contribution >= 4 is 10.1 Å². The van der Waals surface area contributed by atoms with E-state index in [1.807, 2.05) is 13.0 Å². The molecule has 160 valence electrons. The van der Waals surface area contributed by atoms with Gasteiger partial charge in [0.25, 0.3) is 10.1 Å². The molecule has 1 atom stereocenters. The minimum atomic E-state index is -4.15. The van der Waals surface area contributed by atoms with Gasteiger partial charge < -0.3 is 0 Å². The molecule has 1 aromatic carbocycles. The Labute approximate surface area is 173 Å². The summed E-state index contributed by atoms with van der Waals surface area (Å²) in [6.07, 6.45) is 12.5. The molecule has 0 spiro atoms. The second-order valence-corrected chi connectivity index (χ2v) is 10.2. The lowest BCUT2D eigenvalue weighted by Gasteiger charge is -2.12. The molecule has 4 heteroatoms. The van der Waals surface area contributed by atoms with E-state index in [0.717, 1.165) is 36.7 Å². The fourth-order valence-electron chi connectivity index (χ4n) is 3.65. The summed E-state index contributed by atoms with van der Waals surface area (Å²) >= 11 is 0. The molecule has 0 heterocycles. The highest BCUT2D eigenvalue weighted by molar-refractivity contribution is 7.85. The molecular weight excluding hydrogens is 368 g/mol. The first-order chi connectivity index (χ1) is 13.1. The van der Waals surface area contributed by atoms with Crippen molar-refractivity contribution in [2.24, 2.45) is 11.8 Å². The molecule has 28 heavy (non-hydrogen) atoms. The van der Waals surface area contributed by atoms with Crippen LogP contribution in [0.1, 0.15) is 90.2 Å². The lowest BCUT2D eigenvalue weighted by atomic mass is 9.94. The van der Waals surface area contributed by atoms with Crippen molar-refractivity contribution in [2.75, 3.05) is 0 Å². The van der Waals surface area contributed by atoms with E-state index in [0.29, 0.717) is 12.0 Å². The third kappa shape index (κ3) is 10.4. The van der Waals surface area contributed by atoms with Crippen molar-refractivity contribution in [1.82, 2.24) is 0 Å². The van der Waals surface area contributed by atoms with Gasteiger partial charge in [-0.3, -0.25) is 4.55 Å². The Kier molecular flexibility index (Phi) is 11.1. The number of benzene rings is 1. The first kappa shape index (κ1) is 24.9. The average Bonchev–Trinajstić information content (AvgIpc) is 2.57. The van der Waals surface area contributed by atoms with Crippen LogP contribution in [0.3, 0.4) is 0 Å². The second-order valence-electron chi connectivity index (χ2n) is 8.85. The Hall–Kier alpha value is -1.13. The third-order valence-corrected chi connectivity index (χ3v) is 6.34. The molecule has 1 rings (SSSR count). The first-order valence-electron chi connectivity index (χ1n) is 10.8. The van der Waals surface area contributed by atoms with Gasteiger partial charge in [0.15, 0.2) is 0 Å². The monoisotopic (exact) mass is 408 g/mol. The number of aryl methyl sites for hydroxylation is 2. The molecule has 1 aromatic rings. The minimum absolute atomic E-state index is 0.0465. The van der Waals surface area contributed by atoms with Gasteiger partial charge in [0.1, 0.15) is 0 Å². The van der Waals surface area contributed by atoms with Gasteiger partial charge >= 0.3 is 0 Å². The molecule has 1 N–H and O–H groups in total. The largest absolute Gasteiger partial charge is 0.294 e. The van der Waals surface area contributed by atoms with E-state index in [-0.39, 0.29) is 4.90 Å². The van der Waals surface area contributed by atoms with Crippen molar-refractivity contribution in [1.29, 1.82) is 0 Å². The Morgan fingerprint density at radius 2 is 1.75 bits per heavy atom. The second kappa shape index (κ2) is 12.4. The van der Waals surface area contributed by atoms with Gasteiger partial charge in [-0.05, 0) is 69.4 Å². The van der Waals surface area contributed by atoms with Crippen LogP contribution < -0.4 is 0 Å². The summed E-state index contributed by atoms with van der Waals surface area (Å²) in [6.45, 7) is 11.1. The van der Waals surface area contributed by atoms with Crippen molar-refractivity contribution in [3.63, 3.8) is 0 Å². The highest BCUT2D eigenvalue weighted by Crippen LogP contribution is 2.21. The quantitative estimate of drug-likeness (QED) is 0.214. The standard InChI is InChI=1S/C24H40O3S/c1-19(2)10-8-12-21(4)14-9-13-20(3)11-6-7-15-23-18-22(5)16-17-24(23)28(25,26)27/h11,16-19,21H,6-10,12-15H2,1-5H3,(H,25,26,27). The van der Waals surface area contributed by atoms with Crippen LogP contribution in [0.25, 0.3) is 0 Å². The fourth-order valence-corrected chi connectivity index (χ4v) is 4.38. The van der Waals surface area contributed by atoms with Crippen LogP contribution in [0.4, 0.5) is 0 Å². The lowest BCUT2D eigenvalue weighted by Crippen LogP contribution is -2.03. The van der Waals surface area contributed by atoms with Crippen LogP contribution in [-0.2, 0) is 16.5 Å². The number of allylic oxidation sites excluding steroid dienone is 2. The average molecular weight is 409 g/mol. The van der Waals surface area contributed by atoms with Gasteiger partial charge in [0.05, 0.1) is 4.90 Å². The molecule has 0 aliphatic heterocycles. The predicted octanol–water partition coefficient (Wildman–Crippen LogP) is 7.14. The van der Waals surface area contributed by atoms with Gasteiger partial charge in [-0.15, -0.1) is 0 Å². The van der Waals surface area contributed by atoms with Crippen LogP contribution in [0.15, 0.2) is 34.7 Å². The number of hydrogen-bond donors (Lipinski definition) is 1. The zero-order valence-electron chi connectivity index (χ0n) is 18.5. The molecule has 1 unspecified atom stereocenters. The molecule has 0 aliphatic carbocycles. The van der Waals surface area contributed by atoms with Crippen molar-refractivity contribution in [3.8, 4) is 0 Å². The van der Waals surface area contributed by atoms with E-state index in [9.17, 15) is 13.0 Å². The van der Waals surface area contributed by atoms with Gasteiger partial charge in [-0.2, -0.15) is 8.42 Å². The molecule has 0 fully saturated rings. The van der Waals surface area contributed by atoms with E-state index < -0.39 is 10.1 Å². The molecule has 0 aromatic heterocycles. The number of unbranched alkanes of at least 4 members (excludes halogenated alkanes) is 1. The van der Waals surface area contributed by atoms with E-state index in [4.69, 9.17) is 0 Å². The van der Waals surface area contributed by atoms with Crippen molar-refractivity contribution in [3.05, 3.63) is 41.0 Å². The normalized spacial score (nSPS) is 13.9. The van der Waals surface area contributed by atoms with Gasteiger partial charge in [0.2, 0.25) is 0 Å². The highest BCUT2D eigenvalue weighted by Gasteiger charge is 2.14. The number of hydrogen-bond acceptors (Lipinski definition) is 2. The predicted molar refractivity (Wildman–Crippen MR) is 119 cm³/mol. The summed E-state index contributed by atoms with van der Waals surface area (Å²) in [7, 11) is -4.15. The lowest BCUT2D eigenvalue weighted by molar-refractivity contribution is 0.427. The molecule has 0 bridgehead atoms. The van der Waals surface area contributed by atoms with Crippen LogP contribution in [-0.4, -0.2) is 13.0 Å². The van der Waals surface area contributed by atoms with E-state index >= 15 is 0 Å². The molecular formula is C24H40O3S. The summed E-state index contributed by atoms with van der Waals surface area (Å²) in [4.78, 5) is 0.0465. The maximum absolute atomic E-state index is 11.5. The first-order valence-corrected chi connectivity index (χ1v) is 12.3. The molecule has 0 saturated carbocycles. The molecule has 0 aliphatic rings.